The third-order valence-corrected chi connectivity index (χ3v) is 8.53. The fourth-order valence-electron chi connectivity index (χ4n) is 6.54. The van der Waals surface area contributed by atoms with Crippen LogP contribution in [0.5, 0.6) is 11.5 Å². The number of carbonyl (C=O) groups is 1. The Kier molecular flexibility index (Phi) is 4.95. The third kappa shape index (κ3) is 3.25. The van der Waals surface area contributed by atoms with Crippen molar-refractivity contribution in [2.75, 3.05) is 26.2 Å². The Bertz CT molecular complexity index is 1130. The van der Waals surface area contributed by atoms with E-state index in [1.165, 1.54) is 18.9 Å². The number of aliphatic hydroxyl groups is 1. The fourth-order valence-corrected chi connectivity index (χ4v) is 6.54. The fraction of sp³-hybridized carbons (Fsp3) is 0.600. The van der Waals surface area contributed by atoms with Crippen LogP contribution in [-0.4, -0.2) is 77.8 Å². The summed E-state index contributed by atoms with van der Waals surface area (Å²) in [5.41, 5.74) is 0.337. The van der Waals surface area contributed by atoms with Crippen LogP contribution in [0.1, 0.15) is 48.9 Å². The number of likely N-dealkylation sites (tertiary alicyclic amines) is 1. The van der Waals surface area contributed by atoms with E-state index in [9.17, 15) is 20.1 Å². The first kappa shape index (κ1) is 21.9. The summed E-state index contributed by atoms with van der Waals surface area (Å²) in [6.07, 6.45) is 6.10. The molecule has 4 heterocycles. The average Bonchev–Trinajstić information content (AvgIpc) is 3.55. The first-order valence-corrected chi connectivity index (χ1v) is 12.4. The molecule has 1 aromatic carbocycles. The highest BCUT2D eigenvalue weighted by atomic mass is 16.3. The number of phenols is 2. The van der Waals surface area contributed by atoms with Gasteiger partial charge >= 0.3 is 0 Å². The molecule has 0 spiro atoms. The van der Waals surface area contributed by atoms with E-state index in [0.717, 1.165) is 24.3 Å². The molecule has 182 valence electrons. The van der Waals surface area contributed by atoms with Crippen LogP contribution in [0, 0.1) is 5.92 Å². The number of rotatable bonds is 4. The van der Waals surface area contributed by atoms with E-state index in [1.807, 2.05) is 30.3 Å². The second-order valence-electron chi connectivity index (χ2n) is 10.6. The molecule has 1 aromatic heterocycles. The summed E-state index contributed by atoms with van der Waals surface area (Å²) in [6, 6.07) is 5.26. The summed E-state index contributed by atoms with van der Waals surface area (Å²) < 4.78 is 1.69. The molecular formula is C25H33N5O4. The third-order valence-electron chi connectivity index (χ3n) is 8.53. The lowest BCUT2D eigenvalue weighted by molar-refractivity contribution is -0.292. The number of aromatic hydroxyl groups is 2. The summed E-state index contributed by atoms with van der Waals surface area (Å²) in [5, 5.41) is 42.6. The zero-order valence-corrected chi connectivity index (χ0v) is 19.7. The molecule has 34 heavy (non-hydrogen) atoms. The normalized spacial score (nSPS) is 31.0. The zero-order chi connectivity index (χ0) is 23.7. The van der Waals surface area contributed by atoms with Gasteiger partial charge in [-0.15, -0.1) is 0 Å². The molecule has 0 radical (unpaired) electrons. The molecule has 3 aliphatic heterocycles. The summed E-state index contributed by atoms with van der Waals surface area (Å²) in [7, 11) is 1.83. The molecule has 1 saturated carbocycles. The number of phenolic OH excluding ortho intramolecular Hbond substituents is 2. The Balaban J connectivity index is 1.37. The van der Waals surface area contributed by atoms with Gasteiger partial charge in [0, 0.05) is 63.4 Å². The maximum absolute atomic E-state index is 13.2. The zero-order valence-electron chi connectivity index (χ0n) is 19.7. The SMILES string of the molecule is Cn1ccc(CC(=O)N2CCC34CCN(CC5CC5)N(Cc5ccc(O)c(O)c53)[C@@]4(O)CC2)n1. The van der Waals surface area contributed by atoms with Crippen molar-refractivity contribution in [3.8, 4) is 11.5 Å². The molecule has 6 rings (SSSR count). The minimum Gasteiger partial charge on any atom is -0.504 e. The number of nitrogens with zero attached hydrogens (tertiary/aromatic N) is 5. The highest BCUT2D eigenvalue weighted by molar-refractivity contribution is 5.78. The highest BCUT2D eigenvalue weighted by Crippen LogP contribution is 2.58. The van der Waals surface area contributed by atoms with Gasteiger partial charge in [-0.2, -0.15) is 5.10 Å². The van der Waals surface area contributed by atoms with Crippen LogP contribution in [0.25, 0.3) is 0 Å². The molecule has 9 heteroatoms. The summed E-state index contributed by atoms with van der Waals surface area (Å²) in [6.45, 7) is 3.12. The van der Waals surface area contributed by atoms with Gasteiger partial charge in [-0.3, -0.25) is 9.48 Å². The number of hydrogen-bond donors (Lipinski definition) is 3. The van der Waals surface area contributed by atoms with Gasteiger partial charge in [0.1, 0.15) is 5.72 Å². The van der Waals surface area contributed by atoms with Crippen LogP contribution < -0.4 is 0 Å². The van der Waals surface area contributed by atoms with Gasteiger partial charge < -0.3 is 20.2 Å². The summed E-state index contributed by atoms with van der Waals surface area (Å²) in [5.74, 6) is 0.390. The van der Waals surface area contributed by atoms with Crippen LogP contribution in [0.2, 0.25) is 0 Å². The van der Waals surface area contributed by atoms with E-state index >= 15 is 0 Å². The molecule has 2 unspecified atom stereocenters. The predicted molar refractivity (Wildman–Crippen MR) is 124 cm³/mol. The number of fused-ring (bicyclic) bond motifs is 1. The number of aryl methyl sites for hydroxylation is 1. The van der Waals surface area contributed by atoms with Gasteiger partial charge in [-0.1, -0.05) is 6.07 Å². The topological polar surface area (TPSA) is 105 Å². The van der Waals surface area contributed by atoms with Gasteiger partial charge in [0.2, 0.25) is 5.91 Å². The van der Waals surface area contributed by atoms with E-state index in [1.54, 1.807) is 4.68 Å². The lowest BCUT2D eigenvalue weighted by atomic mass is 9.61. The smallest absolute Gasteiger partial charge is 0.228 e. The standard InChI is InChI=1S/C25H33N5O4/c1-27-10-6-19(26-27)14-21(32)28-11-7-24-8-13-29(15-17-2-3-17)30(25(24,34)9-12-28)16-18-4-5-20(31)23(33)22(18)24/h4-6,10,17,31,33-34H,2-3,7-9,11-16H2,1H3/t24?,25-/m1/s1. The largest absolute Gasteiger partial charge is 0.504 e. The number of amides is 1. The Morgan fingerprint density at radius 3 is 2.62 bits per heavy atom. The number of aromatic nitrogens is 2. The molecule has 9 nitrogen and oxygen atoms in total. The van der Waals surface area contributed by atoms with Crippen molar-refractivity contribution in [2.24, 2.45) is 13.0 Å². The summed E-state index contributed by atoms with van der Waals surface area (Å²) in [4.78, 5) is 15.0. The molecule has 2 aromatic rings. The highest BCUT2D eigenvalue weighted by Gasteiger charge is 2.64. The second-order valence-corrected chi connectivity index (χ2v) is 10.6. The van der Waals surface area contributed by atoms with Gasteiger partial charge in [-0.05, 0) is 49.3 Å². The number of carbonyl (C=O) groups excluding carboxylic acids is 1. The quantitative estimate of drug-likeness (QED) is 0.585. The van der Waals surface area contributed by atoms with E-state index in [4.69, 9.17) is 0 Å². The van der Waals surface area contributed by atoms with E-state index in [2.05, 4.69) is 15.1 Å². The van der Waals surface area contributed by atoms with Gasteiger partial charge in [0.05, 0.1) is 12.1 Å². The second kappa shape index (κ2) is 7.69. The Morgan fingerprint density at radius 2 is 1.88 bits per heavy atom. The van der Waals surface area contributed by atoms with Crippen molar-refractivity contribution in [3.63, 3.8) is 0 Å². The van der Waals surface area contributed by atoms with Crippen molar-refractivity contribution >= 4 is 5.91 Å². The lowest BCUT2D eigenvalue weighted by Gasteiger charge is -2.62. The molecular weight excluding hydrogens is 434 g/mol. The first-order chi connectivity index (χ1) is 16.3. The minimum absolute atomic E-state index is 0.00270. The maximum Gasteiger partial charge on any atom is 0.228 e. The van der Waals surface area contributed by atoms with E-state index in [0.29, 0.717) is 50.4 Å². The Morgan fingerprint density at radius 1 is 1.12 bits per heavy atom. The number of hydrogen-bond acceptors (Lipinski definition) is 7. The molecule has 3 fully saturated rings. The van der Waals surface area contributed by atoms with E-state index in [-0.39, 0.29) is 23.8 Å². The van der Waals surface area contributed by atoms with Crippen molar-refractivity contribution in [1.29, 1.82) is 0 Å². The van der Waals surface area contributed by atoms with Crippen molar-refractivity contribution < 1.29 is 20.1 Å². The molecule has 2 bridgehead atoms. The maximum atomic E-state index is 13.2. The van der Waals surface area contributed by atoms with Crippen molar-refractivity contribution in [1.82, 2.24) is 24.7 Å². The molecule has 3 atom stereocenters. The van der Waals surface area contributed by atoms with Gasteiger partial charge in [-0.25, -0.2) is 10.0 Å². The lowest BCUT2D eigenvalue weighted by Crippen LogP contribution is -2.73. The molecule has 1 aliphatic carbocycles. The van der Waals surface area contributed by atoms with Gasteiger partial charge in [0.15, 0.2) is 11.5 Å². The van der Waals surface area contributed by atoms with Crippen molar-refractivity contribution in [2.45, 2.75) is 56.2 Å². The van der Waals surface area contributed by atoms with Crippen LogP contribution >= 0.6 is 0 Å². The molecule has 2 saturated heterocycles. The van der Waals surface area contributed by atoms with E-state index < -0.39 is 11.1 Å². The minimum atomic E-state index is -1.24. The average molecular weight is 468 g/mol. The molecule has 4 aliphatic rings. The van der Waals surface area contributed by atoms with Crippen LogP contribution in [0.15, 0.2) is 24.4 Å². The van der Waals surface area contributed by atoms with Crippen molar-refractivity contribution in [3.05, 3.63) is 41.2 Å². The number of benzene rings is 1. The van der Waals surface area contributed by atoms with Crippen LogP contribution in [-0.2, 0) is 30.2 Å². The Labute approximate surface area is 199 Å². The van der Waals surface area contributed by atoms with Crippen LogP contribution in [0.4, 0.5) is 0 Å². The predicted octanol–water partition coefficient (Wildman–Crippen LogP) is 1.47. The monoisotopic (exact) mass is 467 g/mol. The van der Waals surface area contributed by atoms with Gasteiger partial charge in [0.25, 0.3) is 0 Å². The Hall–Kier alpha value is -2.62. The first-order valence-electron chi connectivity index (χ1n) is 12.4. The number of hydrazine groups is 1. The summed E-state index contributed by atoms with van der Waals surface area (Å²) >= 11 is 0. The molecule has 1 amide bonds. The van der Waals surface area contributed by atoms with Crippen LogP contribution in [0.3, 0.4) is 0 Å². The molecule has 3 N–H and O–H groups in total.